The molecule has 0 saturated heterocycles. The third-order valence-electron chi connectivity index (χ3n) is 4.24. The minimum absolute atomic E-state index is 0.0917. The van der Waals surface area contributed by atoms with Crippen molar-refractivity contribution in [3.8, 4) is 0 Å². The van der Waals surface area contributed by atoms with E-state index >= 15 is 0 Å². The number of para-hydroxylation sites is 1. The van der Waals surface area contributed by atoms with Crippen LogP contribution >= 0.6 is 0 Å². The Morgan fingerprint density at radius 2 is 1.66 bits per heavy atom. The minimum atomic E-state index is -4.34. The van der Waals surface area contributed by atoms with E-state index in [-0.39, 0.29) is 5.95 Å². The van der Waals surface area contributed by atoms with Crippen LogP contribution in [0.25, 0.3) is 0 Å². The summed E-state index contributed by atoms with van der Waals surface area (Å²) in [6, 6.07) is 12.8. The number of nitrogen functional groups attached to an aromatic ring is 1. The number of alkyl halides is 3. The summed E-state index contributed by atoms with van der Waals surface area (Å²) in [6.07, 6.45) is -4.34. The van der Waals surface area contributed by atoms with Crippen molar-refractivity contribution in [1.29, 1.82) is 0 Å². The molecular weight excluding hydrogens is 381 g/mol. The first-order valence-corrected chi connectivity index (χ1v) is 8.88. The van der Waals surface area contributed by atoms with Gasteiger partial charge in [0.15, 0.2) is 0 Å². The molecule has 0 aliphatic heterocycles. The maximum atomic E-state index is 12.7. The van der Waals surface area contributed by atoms with Crippen LogP contribution in [0.3, 0.4) is 0 Å². The number of anilines is 3. The summed E-state index contributed by atoms with van der Waals surface area (Å²) in [6.45, 7) is 2.76. The maximum absolute atomic E-state index is 12.7. The molecule has 0 radical (unpaired) electrons. The fourth-order valence-corrected chi connectivity index (χ4v) is 2.81. The standard InChI is InChI=1S/C20H21F3N6/c1-13-5-3-4-6-16(13)25-19-27-17(26-18(24)28-19)12-29(2)11-14-7-9-15(10-8-14)20(21,22)23/h3-10H,11-12H2,1-2H3,(H3,24,25,26,27,28). The van der Waals surface area contributed by atoms with Crippen LogP contribution in [0.5, 0.6) is 0 Å². The van der Waals surface area contributed by atoms with Gasteiger partial charge in [-0.15, -0.1) is 0 Å². The molecule has 0 aliphatic rings. The molecule has 0 atom stereocenters. The number of nitrogens with one attached hydrogen (secondary N) is 1. The quantitative estimate of drug-likeness (QED) is 0.645. The van der Waals surface area contributed by atoms with Gasteiger partial charge < -0.3 is 11.1 Å². The summed E-state index contributed by atoms with van der Waals surface area (Å²) >= 11 is 0. The van der Waals surface area contributed by atoms with Gasteiger partial charge in [-0.1, -0.05) is 30.3 Å². The van der Waals surface area contributed by atoms with Gasteiger partial charge in [-0.25, -0.2) is 0 Å². The van der Waals surface area contributed by atoms with Gasteiger partial charge >= 0.3 is 6.18 Å². The molecule has 0 aliphatic carbocycles. The van der Waals surface area contributed by atoms with Gasteiger partial charge in [0.05, 0.1) is 12.1 Å². The van der Waals surface area contributed by atoms with Crippen molar-refractivity contribution in [2.45, 2.75) is 26.2 Å². The summed E-state index contributed by atoms with van der Waals surface area (Å²) in [5.74, 6) is 0.891. The summed E-state index contributed by atoms with van der Waals surface area (Å²) in [4.78, 5) is 14.5. The highest BCUT2D eigenvalue weighted by Crippen LogP contribution is 2.29. The highest BCUT2D eigenvalue weighted by molar-refractivity contribution is 5.58. The molecule has 0 saturated carbocycles. The number of hydrogen-bond donors (Lipinski definition) is 2. The van der Waals surface area contributed by atoms with Gasteiger partial charge in [-0.2, -0.15) is 28.1 Å². The van der Waals surface area contributed by atoms with Gasteiger partial charge in [0.1, 0.15) is 5.82 Å². The van der Waals surface area contributed by atoms with Gasteiger partial charge in [0.25, 0.3) is 0 Å². The first kappa shape index (κ1) is 20.5. The second kappa shape index (κ2) is 8.44. The SMILES string of the molecule is Cc1ccccc1Nc1nc(N)nc(CN(C)Cc2ccc(C(F)(F)F)cc2)n1. The van der Waals surface area contributed by atoms with Crippen molar-refractivity contribution in [3.05, 3.63) is 71.0 Å². The number of halogens is 3. The molecule has 1 heterocycles. The lowest BCUT2D eigenvalue weighted by Crippen LogP contribution is -2.20. The van der Waals surface area contributed by atoms with Gasteiger partial charge in [0.2, 0.25) is 11.9 Å². The Balaban J connectivity index is 1.68. The lowest BCUT2D eigenvalue weighted by molar-refractivity contribution is -0.137. The lowest BCUT2D eigenvalue weighted by atomic mass is 10.1. The van der Waals surface area contributed by atoms with Crippen molar-refractivity contribution in [2.75, 3.05) is 18.1 Å². The Morgan fingerprint density at radius 3 is 2.31 bits per heavy atom. The molecule has 0 amide bonds. The normalized spacial score (nSPS) is 11.7. The first-order valence-electron chi connectivity index (χ1n) is 8.88. The smallest absolute Gasteiger partial charge is 0.368 e. The summed E-state index contributed by atoms with van der Waals surface area (Å²) in [5.41, 5.74) is 7.79. The molecule has 152 valence electrons. The third kappa shape index (κ3) is 5.64. The molecule has 1 aromatic heterocycles. The average Bonchev–Trinajstić information content (AvgIpc) is 2.63. The molecule has 0 spiro atoms. The van der Waals surface area contributed by atoms with E-state index in [4.69, 9.17) is 5.73 Å². The molecule has 3 rings (SSSR count). The van der Waals surface area contributed by atoms with E-state index in [2.05, 4.69) is 20.3 Å². The number of hydrogen-bond acceptors (Lipinski definition) is 6. The van der Waals surface area contributed by atoms with E-state index in [0.29, 0.717) is 24.9 Å². The van der Waals surface area contributed by atoms with Crippen LogP contribution in [-0.2, 0) is 19.3 Å². The van der Waals surface area contributed by atoms with Crippen LogP contribution < -0.4 is 11.1 Å². The van der Waals surface area contributed by atoms with E-state index in [1.807, 2.05) is 43.1 Å². The number of benzene rings is 2. The maximum Gasteiger partial charge on any atom is 0.416 e. The predicted octanol–water partition coefficient (Wildman–Crippen LogP) is 4.16. The van der Waals surface area contributed by atoms with Crippen LogP contribution in [0.15, 0.2) is 48.5 Å². The van der Waals surface area contributed by atoms with E-state index in [9.17, 15) is 13.2 Å². The Labute approximate surface area is 166 Å². The minimum Gasteiger partial charge on any atom is -0.368 e. The Kier molecular flexibility index (Phi) is 5.97. The fraction of sp³-hybridized carbons (Fsp3) is 0.250. The summed E-state index contributed by atoms with van der Waals surface area (Å²) in [7, 11) is 1.83. The van der Waals surface area contributed by atoms with Crippen molar-refractivity contribution in [1.82, 2.24) is 19.9 Å². The van der Waals surface area contributed by atoms with Crippen LogP contribution in [0, 0.1) is 6.92 Å². The van der Waals surface area contributed by atoms with E-state index in [1.54, 1.807) is 0 Å². The second-order valence-corrected chi connectivity index (χ2v) is 6.74. The fourth-order valence-electron chi connectivity index (χ4n) is 2.81. The van der Waals surface area contributed by atoms with Crippen molar-refractivity contribution >= 4 is 17.6 Å². The van der Waals surface area contributed by atoms with E-state index < -0.39 is 11.7 Å². The van der Waals surface area contributed by atoms with Crippen LogP contribution in [0.4, 0.5) is 30.8 Å². The highest BCUT2D eigenvalue weighted by atomic mass is 19.4. The number of aryl methyl sites for hydroxylation is 1. The molecular formula is C20H21F3N6. The Morgan fingerprint density at radius 1 is 0.966 bits per heavy atom. The van der Waals surface area contributed by atoms with Crippen LogP contribution in [-0.4, -0.2) is 26.9 Å². The molecule has 9 heteroatoms. The van der Waals surface area contributed by atoms with Gasteiger partial charge in [-0.05, 0) is 43.3 Å². The van der Waals surface area contributed by atoms with Crippen molar-refractivity contribution in [2.24, 2.45) is 0 Å². The Hall–Kier alpha value is -3.20. The third-order valence-corrected chi connectivity index (χ3v) is 4.24. The molecule has 0 unspecified atom stereocenters. The van der Waals surface area contributed by atoms with Crippen LogP contribution in [0.1, 0.15) is 22.5 Å². The zero-order valence-electron chi connectivity index (χ0n) is 16.0. The largest absolute Gasteiger partial charge is 0.416 e. The van der Waals surface area contributed by atoms with Gasteiger partial charge in [-0.3, -0.25) is 4.90 Å². The van der Waals surface area contributed by atoms with Crippen molar-refractivity contribution in [3.63, 3.8) is 0 Å². The molecule has 3 aromatic rings. The Bertz CT molecular complexity index is 973. The topological polar surface area (TPSA) is 80.0 Å². The first-order chi connectivity index (χ1) is 13.7. The summed E-state index contributed by atoms with van der Waals surface area (Å²) in [5, 5.41) is 3.13. The monoisotopic (exact) mass is 402 g/mol. The number of nitrogens with zero attached hydrogens (tertiary/aromatic N) is 4. The number of aromatic nitrogens is 3. The lowest BCUT2D eigenvalue weighted by Gasteiger charge is -2.17. The van der Waals surface area contributed by atoms with E-state index in [1.165, 1.54) is 12.1 Å². The second-order valence-electron chi connectivity index (χ2n) is 6.74. The molecule has 0 bridgehead atoms. The highest BCUT2D eigenvalue weighted by Gasteiger charge is 2.29. The molecule has 3 N–H and O–H groups in total. The van der Waals surface area contributed by atoms with Gasteiger partial charge in [0, 0.05) is 12.2 Å². The molecule has 6 nitrogen and oxygen atoms in total. The molecule has 0 fully saturated rings. The number of nitrogens with two attached hydrogens (primary N) is 1. The van der Waals surface area contributed by atoms with E-state index in [0.717, 1.165) is 28.9 Å². The van der Waals surface area contributed by atoms with Crippen LogP contribution in [0.2, 0.25) is 0 Å². The zero-order valence-corrected chi connectivity index (χ0v) is 16.0. The number of rotatable bonds is 6. The predicted molar refractivity (Wildman–Crippen MR) is 105 cm³/mol. The molecule has 2 aromatic carbocycles. The average molecular weight is 402 g/mol. The summed E-state index contributed by atoms with van der Waals surface area (Å²) < 4.78 is 38.0. The molecule has 29 heavy (non-hydrogen) atoms. The zero-order chi connectivity index (χ0) is 21.0. The van der Waals surface area contributed by atoms with Crippen molar-refractivity contribution < 1.29 is 13.2 Å².